The van der Waals surface area contributed by atoms with E-state index in [-0.39, 0.29) is 19.1 Å². The molecule has 10 nitrogen and oxygen atoms in total. The van der Waals surface area contributed by atoms with Crippen molar-refractivity contribution in [1.29, 1.82) is 0 Å². The Morgan fingerprint density at radius 1 is 1.10 bits per heavy atom. The molecule has 0 spiro atoms. The average molecular weight is 552 g/mol. The van der Waals surface area contributed by atoms with Crippen LogP contribution in [0.2, 0.25) is 0 Å². The second kappa shape index (κ2) is 9.91. The van der Waals surface area contributed by atoms with Crippen molar-refractivity contribution in [3.63, 3.8) is 0 Å². The number of ketones is 1. The van der Waals surface area contributed by atoms with Crippen molar-refractivity contribution in [2.45, 2.75) is 115 Å². The van der Waals surface area contributed by atoms with Crippen LogP contribution >= 0.6 is 0 Å². The zero-order chi connectivity index (χ0) is 29.2. The maximum Gasteiger partial charge on any atom is 0.320 e. The van der Waals surface area contributed by atoms with E-state index in [0.717, 1.165) is 0 Å². The molecule has 0 bridgehead atoms. The molecule has 2 aliphatic carbocycles. The largest absolute Gasteiger partial charge is 0.461 e. The third-order valence-corrected chi connectivity index (χ3v) is 10.2. The van der Waals surface area contributed by atoms with Gasteiger partial charge in [0.1, 0.15) is 11.7 Å². The summed E-state index contributed by atoms with van der Waals surface area (Å²) in [5, 5.41) is 34.5. The zero-order valence-corrected chi connectivity index (χ0v) is 24.1. The molecular formula is C29H45NO9. The standard InChI is InChI=1S/C29H45NO9/c1-8-26(5)15-19(33)29(36)27(6)20(38-21(34)16-30-13-10-18(32)11-14-30)9-12-25(3,4)23(27)22(35)24(37-17(2)31)28(29,7)39-26/h8,18,20,22-24,32,35-36H,1,9-16H2,2-7H3/t20-,22-,23-,24-,26-,27-,28+,29-/m0/s1. The van der Waals surface area contributed by atoms with Crippen molar-refractivity contribution in [2.75, 3.05) is 19.6 Å². The fraction of sp³-hybridized carbons (Fsp3) is 0.828. The predicted octanol–water partition coefficient (Wildman–Crippen LogP) is 1.53. The van der Waals surface area contributed by atoms with Gasteiger partial charge in [-0.05, 0) is 44.9 Å². The lowest BCUT2D eigenvalue weighted by Crippen LogP contribution is -2.87. The quantitative estimate of drug-likeness (QED) is 0.340. The van der Waals surface area contributed by atoms with E-state index in [4.69, 9.17) is 14.2 Å². The van der Waals surface area contributed by atoms with Crippen LogP contribution < -0.4 is 0 Å². The minimum atomic E-state index is -2.27. The average Bonchev–Trinajstić information content (AvgIpc) is 2.83. The van der Waals surface area contributed by atoms with Gasteiger partial charge in [0.25, 0.3) is 0 Å². The molecule has 220 valence electrons. The van der Waals surface area contributed by atoms with Crippen LogP contribution in [0.15, 0.2) is 12.7 Å². The number of Topliss-reactive ketones (excluding diaryl/α,β-unsaturated/α-hetero) is 1. The van der Waals surface area contributed by atoms with Gasteiger partial charge in [-0.2, -0.15) is 0 Å². The van der Waals surface area contributed by atoms with E-state index in [2.05, 4.69) is 6.58 Å². The van der Waals surface area contributed by atoms with Crippen LogP contribution in [0.3, 0.4) is 0 Å². The van der Waals surface area contributed by atoms with E-state index in [9.17, 15) is 29.7 Å². The van der Waals surface area contributed by atoms with Crippen molar-refractivity contribution in [1.82, 2.24) is 4.90 Å². The number of hydrogen-bond donors (Lipinski definition) is 3. The minimum Gasteiger partial charge on any atom is -0.461 e. The van der Waals surface area contributed by atoms with Gasteiger partial charge < -0.3 is 29.5 Å². The number of carbonyl (C=O) groups excluding carboxylic acids is 3. The first-order valence-electron chi connectivity index (χ1n) is 14.0. The maximum atomic E-state index is 14.1. The van der Waals surface area contributed by atoms with Gasteiger partial charge in [-0.3, -0.25) is 19.3 Å². The second-order valence-corrected chi connectivity index (χ2v) is 13.3. The molecule has 4 fully saturated rings. The van der Waals surface area contributed by atoms with Crippen LogP contribution in [-0.2, 0) is 28.6 Å². The van der Waals surface area contributed by atoms with Crippen molar-refractivity contribution in [3.05, 3.63) is 12.7 Å². The number of aliphatic hydroxyl groups excluding tert-OH is 2. The molecule has 0 aromatic carbocycles. The Labute approximate surface area is 230 Å². The summed E-state index contributed by atoms with van der Waals surface area (Å²) in [5.74, 6) is -2.52. The third kappa shape index (κ3) is 4.56. The number of ether oxygens (including phenoxy) is 3. The Kier molecular flexibility index (Phi) is 7.65. The fourth-order valence-corrected chi connectivity index (χ4v) is 8.28. The molecule has 2 saturated heterocycles. The first-order chi connectivity index (χ1) is 17.9. The molecule has 4 aliphatic rings. The van der Waals surface area contributed by atoms with E-state index in [1.807, 2.05) is 18.7 Å². The molecule has 2 aliphatic heterocycles. The Hall–Kier alpha value is -1.85. The van der Waals surface area contributed by atoms with Crippen molar-refractivity contribution in [3.8, 4) is 0 Å². The topological polar surface area (TPSA) is 143 Å². The van der Waals surface area contributed by atoms with Crippen molar-refractivity contribution in [2.24, 2.45) is 16.7 Å². The van der Waals surface area contributed by atoms with Gasteiger partial charge in [0.2, 0.25) is 0 Å². The van der Waals surface area contributed by atoms with Crippen LogP contribution in [0.25, 0.3) is 0 Å². The van der Waals surface area contributed by atoms with Gasteiger partial charge in [-0.25, -0.2) is 0 Å². The molecule has 2 saturated carbocycles. The summed E-state index contributed by atoms with van der Waals surface area (Å²) in [7, 11) is 0. The van der Waals surface area contributed by atoms with Gasteiger partial charge in [-0.1, -0.05) is 26.8 Å². The monoisotopic (exact) mass is 551 g/mol. The highest BCUT2D eigenvalue weighted by atomic mass is 16.6. The molecule has 0 aromatic rings. The lowest BCUT2D eigenvalue weighted by atomic mass is 9.39. The number of nitrogens with zero attached hydrogens (tertiary/aromatic N) is 1. The summed E-state index contributed by atoms with van der Waals surface area (Å²) in [5.41, 5.74) is -7.43. The third-order valence-electron chi connectivity index (χ3n) is 10.2. The molecule has 8 atom stereocenters. The first-order valence-corrected chi connectivity index (χ1v) is 14.0. The normalized spacial score (nSPS) is 44.6. The van der Waals surface area contributed by atoms with Gasteiger partial charge in [0.05, 0.1) is 24.4 Å². The summed E-state index contributed by atoms with van der Waals surface area (Å²) in [4.78, 5) is 41.5. The van der Waals surface area contributed by atoms with E-state index >= 15 is 0 Å². The highest BCUT2D eigenvalue weighted by molar-refractivity contribution is 5.92. The van der Waals surface area contributed by atoms with E-state index in [1.165, 1.54) is 19.9 Å². The number of esters is 2. The summed E-state index contributed by atoms with van der Waals surface area (Å²) < 4.78 is 18.2. The molecule has 2 heterocycles. The summed E-state index contributed by atoms with van der Waals surface area (Å²) >= 11 is 0. The van der Waals surface area contributed by atoms with E-state index in [1.54, 1.807) is 13.8 Å². The number of fused-ring (bicyclic) bond motifs is 3. The molecule has 10 heteroatoms. The first kappa shape index (κ1) is 30.1. The summed E-state index contributed by atoms with van der Waals surface area (Å²) in [6, 6.07) is 0. The Bertz CT molecular complexity index is 1020. The van der Waals surface area contributed by atoms with Crippen LogP contribution in [0.4, 0.5) is 0 Å². The highest BCUT2D eigenvalue weighted by Crippen LogP contribution is 2.67. The molecule has 0 aromatic heterocycles. The van der Waals surface area contributed by atoms with Gasteiger partial charge in [0, 0.05) is 37.8 Å². The fourth-order valence-electron chi connectivity index (χ4n) is 8.28. The van der Waals surface area contributed by atoms with Gasteiger partial charge in [0.15, 0.2) is 17.5 Å². The molecule has 0 radical (unpaired) electrons. The minimum absolute atomic E-state index is 0.0145. The summed E-state index contributed by atoms with van der Waals surface area (Å²) in [6.45, 7) is 14.9. The number of likely N-dealkylation sites (tertiary alicyclic amines) is 1. The number of aliphatic hydroxyl groups is 3. The Balaban J connectivity index is 1.79. The van der Waals surface area contributed by atoms with Gasteiger partial charge in [-0.15, -0.1) is 6.58 Å². The smallest absolute Gasteiger partial charge is 0.320 e. The Morgan fingerprint density at radius 3 is 2.28 bits per heavy atom. The zero-order valence-electron chi connectivity index (χ0n) is 24.1. The molecule has 0 amide bonds. The summed E-state index contributed by atoms with van der Waals surface area (Å²) in [6.07, 6.45) is -0.672. The number of carbonyl (C=O) groups is 3. The maximum absolute atomic E-state index is 14.1. The molecule has 3 N–H and O–H groups in total. The lowest BCUT2D eigenvalue weighted by Gasteiger charge is -2.71. The predicted molar refractivity (Wildman–Crippen MR) is 140 cm³/mol. The van der Waals surface area contributed by atoms with Crippen LogP contribution in [0, 0.1) is 16.7 Å². The Morgan fingerprint density at radius 2 is 1.72 bits per heavy atom. The molecule has 4 rings (SSSR count). The number of hydrogen-bond acceptors (Lipinski definition) is 10. The van der Waals surface area contributed by atoms with E-state index < -0.39 is 69.6 Å². The van der Waals surface area contributed by atoms with Crippen LogP contribution in [-0.4, -0.2) is 98.8 Å². The van der Waals surface area contributed by atoms with Crippen LogP contribution in [0.1, 0.15) is 73.6 Å². The SMILES string of the molecule is C=C[C@@]1(C)CC(=O)[C@]2(O)[C@@]3(C)[C@@H](OC(=O)CN4CCC(O)CC4)CCC(C)(C)[C@@H]3[C@H](O)[C@H](OC(C)=O)[C@@]2(C)O1. The highest BCUT2D eigenvalue weighted by Gasteiger charge is 2.82. The second-order valence-electron chi connectivity index (χ2n) is 13.3. The number of rotatable bonds is 5. The molecule has 0 unspecified atom stereocenters. The van der Waals surface area contributed by atoms with Crippen LogP contribution in [0.5, 0.6) is 0 Å². The van der Waals surface area contributed by atoms with Gasteiger partial charge >= 0.3 is 11.9 Å². The van der Waals surface area contributed by atoms with Crippen molar-refractivity contribution >= 4 is 17.7 Å². The molecule has 39 heavy (non-hydrogen) atoms. The number of piperidine rings is 1. The molecular weight excluding hydrogens is 506 g/mol. The van der Waals surface area contributed by atoms with Crippen molar-refractivity contribution < 1.29 is 43.9 Å². The van der Waals surface area contributed by atoms with E-state index in [0.29, 0.717) is 38.8 Å². The lowest BCUT2D eigenvalue weighted by molar-refractivity contribution is -0.370.